The summed E-state index contributed by atoms with van der Waals surface area (Å²) in [5.74, 6) is 0.176. The van der Waals surface area contributed by atoms with Gasteiger partial charge in [-0.25, -0.2) is 4.98 Å². The lowest BCUT2D eigenvalue weighted by Crippen LogP contribution is -2.44. The molecule has 1 fully saturated rings. The second kappa shape index (κ2) is 6.87. The van der Waals surface area contributed by atoms with Gasteiger partial charge in [0.05, 0.1) is 17.2 Å². The number of carbonyl (C=O) groups excluding carboxylic acids is 1. The average Bonchev–Trinajstić information content (AvgIpc) is 3.09. The topological polar surface area (TPSA) is 52.9 Å². The van der Waals surface area contributed by atoms with Gasteiger partial charge in [0.1, 0.15) is 5.65 Å². The van der Waals surface area contributed by atoms with Crippen molar-refractivity contribution in [1.82, 2.24) is 24.5 Å². The molecule has 0 aromatic carbocycles. The molecule has 5 heterocycles. The Morgan fingerprint density at radius 1 is 1.21 bits per heavy atom. The van der Waals surface area contributed by atoms with Crippen molar-refractivity contribution >= 4 is 25.4 Å². The summed E-state index contributed by atoms with van der Waals surface area (Å²) in [6.45, 7) is 8.03. The van der Waals surface area contributed by atoms with Crippen LogP contribution in [0.2, 0.25) is 0 Å². The van der Waals surface area contributed by atoms with E-state index in [1.165, 1.54) is 0 Å². The lowest BCUT2D eigenvalue weighted by molar-refractivity contribution is -0.123. The fourth-order valence-electron chi connectivity index (χ4n) is 4.08. The molecule has 1 N–H and O–H groups in total. The van der Waals surface area contributed by atoms with Crippen LogP contribution in [0.3, 0.4) is 0 Å². The Labute approximate surface area is 166 Å². The van der Waals surface area contributed by atoms with E-state index in [-0.39, 0.29) is 11.7 Å². The number of aryl methyl sites for hydroxylation is 2. The van der Waals surface area contributed by atoms with Crippen molar-refractivity contribution < 1.29 is 4.79 Å². The predicted molar refractivity (Wildman–Crippen MR) is 113 cm³/mol. The first kappa shape index (κ1) is 17.7. The van der Waals surface area contributed by atoms with Crippen molar-refractivity contribution in [2.24, 2.45) is 0 Å². The summed E-state index contributed by atoms with van der Waals surface area (Å²) in [6, 6.07) is 2.15. The number of carbonyl (C=O) groups is 1. The number of hydrogen-bond acceptors (Lipinski definition) is 4. The van der Waals surface area contributed by atoms with Gasteiger partial charge >= 0.3 is 0 Å². The zero-order chi connectivity index (χ0) is 19.3. The minimum Gasteiger partial charge on any atom is -0.368 e. The van der Waals surface area contributed by atoms with Crippen LogP contribution in [-0.2, 0) is 4.79 Å². The molecule has 1 saturated heterocycles. The van der Waals surface area contributed by atoms with Gasteiger partial charge in [-0.2, -0.15) is 0 Å². The number of hydrogen-bond donors (Lipinski definition) is 1. The molecule has 0 radical (unpaired) electrons. The molecule has 144 valence electrons. The molecule has 0 bridgehead atoms. The first-order valence-electron chi connectivity index (χ1n) is 9.71. The third-order valence-corrected chi connectivity index (χ3v) is 7.01. The van der Waals surface area contributed by atoms with Crippen molar-refractivity contribution in [1.29, 1.82) is 0 Å². The Kier molecular flexibility index (Phi) is 4.33. The molecule has 2 unspecified atom stereocenters. The Morgan fingerprint density at radius 2 is 2.04 bits per heavy atom. The molecular weight excluding hydrogens is 369 g/mol. The Hall–Kier alpha value is -2.43. The van der Waals surface area contributed by atoms with Crippen LogP contribution in [0, 0.1) is 13.8 Å². The van der Waals surface area contributed by atoms with E-state index in [0.717, 1.165) is 59.7 Å². The van der Waals surface area contributed by atoms with Crippen LogP contribution in [-0.4, -0.2) is 57.1 Å². The third-order valence-electron chi connectivity index (χ3n) is 5.49. The van der Waals surface area contributed by atoms with Gasteiger partial charge in [-0.1, -0.05) is 14.7 Å². The highest BCUT2D eigenvalue weighted by molar-refractivity contribution is 7.51. The van der Waals surface area contributed by atoms with Crippen LogP contribution in [0.5, 0.6) is 0 Å². The van der Waals surface area contributed by atoms with Gasteiger partial charge in [-0.05, 0) is 42.4 Å². The maximum absolute atomic E-state index is 12.9. The van der Waals surface area contributed by atoms with Crippen molar-refractivity contribution in [3.8, 4) is 0 Å². The summed E-state index contributed by atoms with van der Waals surface area (Å²) in [7, 11) is 0.529. The average molecular weight is 393 g/mol. The highest BCUT2D eigenvalue weighted by atomic mass is 31.1. The minimum absolute atomic E-state index is 0.0651. The van der Waals surface area contributed by atoms with Gasteiger partial charge in [0.25, 0.3) is 5.91 Å². The molecule has 0 aliphatic carbocycles. The fourth-order valence-corrected chi connectivity index (χ4v) is 5.44. The molecule has 3 aliphatic heterocycles. The number of fused-ring (bicyclic) bond motifs is 2. The summed E-state index contributed by atoms with van der Waals surface area (Å²) in [5, 5.41) is 4.49. The fraction of sp³-hybridized carbons (Fsp3) is 0.333. The van der Waals surface area contributed by atoms with E-state index in [1.54, 1.807) is 0 Å². The largest absolute Gasteiger partial charge is 0.368 e. The first-order valence-corrected chi connectivity index (χ1v) is 10.8. The third kappa shape index (κ3) is 3.07. The second-order valence-electron chi connectivity index (χ2n) is 7.57. The number of nitrogens with one attached hydrogen (secondary N) is 1. The molecule has 3 aliphatic rings. The lowest BCUT2D eigenvalue weighted by Gasteiger charge is -2.37. The Bertz CT molecular complexity index is 1040. The zero-order valence-corrected chi connectivity index (χ0v) is 17.1. The number of imidazole rings is 1. The molecule has 0 saturated carbocycles. The quantitative estimate of drug-likeness (QED) is 0.797. The number of pyridine rings is 1. The standard InChI is InChI=1S/C21H24N5OP/c1-14-9-16(12-25-11-15(2)23-21(14)25)18-10-19(27)26-13-17(3-4-20(26)28-18)24-7-5-22-6-8-24/h3-4,9-13,20,22,28H,5-8H2,1-2H3. The predicted octanol–water partition coefficient (Wildman–Crippen LogP) is 2.46. The van der Waals surface area contributed by atoms with Crippen molar-refractivity contribution in [2.45, 2.75) is 19.6 Å². The highest BCUT2D eigenvalue weighted by Gasteiger charge is 2.30. The van der Waals surface area contributed by atoms with Crippen molar-refractivity contribution in [3.05, 3.63) is 65.4 Å². The normalized spacial score (nSPS) is 23.2. The Morgan fingerprint density at radius 3 is 2.86 bits per heavy atom. The first-order chi connectivity index (χ1) is 13.6. The van der Waals surface area contributed by atoms with Crippen LogP contribution in [0.15, 0.2) is 48.6 Å². The van der Waals surface area contributed by atoms with Crippen LogP contribution in [0.4, 0.5) is 0 Å². The smallest absolute Gasteiger partial charge is 0.252 e. The summed E-state index contributed by atoms with van der Waals surface area (Å²) in [4.78, 5) is 21.7. The van der Waals surface area contributed by atoms with Crippen molar-refractivity contribution in [3.63, 3.8) is 0 Å². The lowest BCUT2D eigenvalue weighted by atomic mass is 10.1. The monoisotopic (exact) mass is 393 g/mol. The summed E-state index contributed by atoms with van der Waals surface area (Å²) < 4.78 is 2.07. The van der Waals surface area contributed by atoms with E-state index < -0.39 is 0 Å². The van der Waals surface area contributed by atoms with E-state index in [1.807, 2.05) is 30.3 Å². The number of aromatic nitrogens is 2. The van der Waals surface area contributed by atoms with E-state index in [4.69, 9.17) is 0 Å². The molecule has 5 rings (SSSR count). The van der Waals surface area contributed by atoms with E-state index in [9.17, 15) is 4.79 Å². The molecule has 2 aromatic heterocycles. The Balaban J connectivity index is 1.45. The highest BCUT2D eigenvalue weighted by Crippen LogP contribution is 2.44. The van der Waals surface area contributed by atoms with E-state index >= 15 is 0 Å². The molecular formula is C21H24N5OP. The summed E-state index contributed by atoms with van der Waals surface area (Å²) in [5.41, 5.74) is 5.36. The van der Waals surface area contributed by atoms with Crippen LogP contribution in [0.25, 0.3) is 11.0 Å². The van der Waals surface area contributed by atoms with E-state index in [0.29, 0.717) is 8.58 Å². The van der Waals surface area contributed by atoms with Gasteiger partial charge in [0, 0.05) is 50.8 Å². The van der Waals surface area contributed by atoms with Gasteiger partial charge in [0.15, 0.2) is 0 Å². The van der Waals surface area contributed by atoms with Gasteiger partial charge in [0.2, 0.25) is 0 Å². The number of piperazine rings is 1. The molecule has 0 spiro atoms. The summed E-state index contributed by atoms with van der Waals surface area (Å²) >= 11 is 0. The SMILES string of the molecule is Cc1cn2cc(C3=CC(=O)N4C=C(N5CCNCC5)C=CC4P3)cc(C)c2n1. The maximum Gasteiger partial charge on any atom is 0.252 e. The number of rotatable bonds is 2. The zero-order valence-electron chi connectivity index (χ0n) is 16.1. The molecule has 2 aromatic rings. The molecule has 2 atom stereocenters. The van der Waals surface area contributed by atoms with Gasteiger partial charge in [-0.15, -0.1) is 0 Å². The number of allylic oxidation sites excluding steroid dienone is 1. The van der Waals surface area contributed by atoms with E-state index in [2.05, 4.69) is 50.9 Å². The molecule has 1 amide bonds. The van der Waals surface area contributed by atoms with Crippen LogP contribution in [0.1, 0.15) is 16.8 Å². The summed E-state index contributed by atoms with van der Waals surface area (Å²) in [6.07, 6.45) is 12.3. The maximum atomic E-state index is 12.9. The van der Waals surface area contributed by atoms with Gasteiger partial charge in [-0.3, -0.25) is 4.79 Å². The van der Waals surface area contributed by atoms with Gasteiger partial charge < -0.3 is 19.5 Å². The number of nitrogens with zero attached hydrogens (tertiary/aromatic N) is 4. The number of amides is 1. The molecule has 28 heavy (non-hydrogen) atoms. The molecule has 7 heteroatoms. The van der Waals surface area contributed by atoms with Crippen LogP contribution < -0.4 is 5.32 Å². The van der Waals surface area contributed by atoms with Crippen LogP contribution >= 0.6 is 8.58 Å². The second-order valence-corrected chi connectivity index (χ2v) is 8.99. The minimum atomic E-state index is 0.0651. The van der Waals surface area contributed by atoms with Crippen molar-refractivity contribution in [2.75, 3.05) is 26.2 Å². The molecule has 6 nitrogen and oxygen atoms in total.